The lowest BCUT2D eigenvalue weighted by atomic mass is 10.2. The third-order valence-corrected chi connectivity index (χ3v) is 4.11. The molecule has 0 aliphatic carbocycles. The molecule has 1 aliphatic heterocycles. The molecule has 106 valence electrons. The fourth-order valence-corrected chi connectivity index (χ4v) is 3.01. The van der Waals surface area contributed by atoms with Crippen LogP contribution in [-0.4, -0.2) is 10.0 Å². The van der Waals surface area contributed by atoms with E-state index in [2.05, 4.69) is 15.5 Å². The summed E-state index contributed by atoms with van der Waals surface area (Å²) in [6.07, 6.45) is 0. The third kappa shape index (κ3) is 3.11. The molecule has 1 aromatic carbocycles. The topological polar surface area (TPSA) is 54.4 Å². The first-order chi connectivity index (χ1) is 10.1. The average molecular weight is 301 g/mol. The quantitative estimate of drug-likeness (QED) is 0.926. The molecule has 3 rings (SSSR count). The van der Waals surface area contributed by atoms with Crippen LogP contribution in [0.1, 0.15) is 16.7 Å². The molecule has 2 aromatic rings. The third-order valence-electron chi connectivity index (χ3n) is 3.04. The number of hydrogen-bond donors (Lipinski definition) is 1. The van der Waals surface area contributed by atoms with Crippen LogP contribution in [0.2, 0.25) is 0 Å². The van der Waals surface area contributed by atoms with E-state index in [1.165, 1.54) is 30.0 Å². The number of anilines is 1. The van der Waals surface area contributed by atoms with Crippen molar-refractivity contribution >= 4 is 22.6 Å². The SMILES string of the molecule is Cc1cc(=O)nc2cc1C(SCc1cccc(F)c1)=NN2. The normalized spacial score (nSPS) is 12.6. The Morgan fingerprint density at radius 1 is 1.29 bits per heavy atom. The molecule has 0 unspecified atom stereocenters. The summed E-state index contributed by atoms with van der Waals surface area (Å²) in [7, 11) is 0. The molecular weight excluding hydrogens is 289 g/mol. The van der Waals surface area contributed by atoms with E-state index < -0.39 is 0 Å². The highest BCUT2D eigenvalue weighted by Crippen LogP contribution is 2.24. The fraction of sp³-hybridized carbons (Fsp3) is 0.133. The highest BCUT2D eigenvalue weighted by Gasteiger charge is 2.14. The summed E-state index contributed by atoms with van der Waals surface area (Å²) in [5.74, 6) is 0.795. The van der Waals surface area contributed by atoms with Gasteiger partial charge in [0.2, 0.25) is 0 Å². The predicted molar refractivity (Wildman–Crippen MR) is 83.1 cm³/mol. The molecule has 0 atom stereocenters. The van der Waals surface area contributed by atoms with Gasteiger partial charge in [0.05, 0.1) is 0 Å². The van der Waals surface area contributed by atoms with Crippen molar-refractivity contribution in [1.82, 2.24) is 4.98 Å². The minimum atomic E-state index is -0.298. The van der Waals surface area contributed by atoms with E-state index in [9.17, 15) is 9.18 Å². The maximum atomic E-state index is 13.2. The Morgan fingerprint density at radius 3 is 2.95 bits per heavy atom. The van der Waals surface area contributed by atoms with Crippen LogP contribution in [-0.2, 0) is 5.75 Å². The number of nitrogens with zero attached hydrogens (tertiary/aromatic N) is 2. The number of rotatable bonds is 2. The van der Waals surface area contributed by atoms with E-state index in [0.29, 0.717) is 11.6 Å². The molecule has 6 heteroatoms. The molecule has 0 spiro atoms. The van der Waals surface area contributed by atoms with Crippen LogP contribution in [0.25, 0.3) is 0 Å². The Balaban J connectivity index is 1.85. The number of nitrogens with one attached hydrogen (secondary N) is 1. The molecule has 0 saturated carbocycles. The largest absolute Gasteiger partial charge is 0.271 e. The number of aromatic nitrogens is 1. The molecule has 1 N–H and O–H groups in total. The number of hydrogen-bond acceptors (Lipinski definition) is 5. The maximum absolute atomic E-state index is 13.2. The van der Waals surface area contributed by atoms with Gasteiger partial charge in [-0.05, 0) is 36.2 Å². The van der Waals surface area contributed by atoms with Crippen LogP contribution >= 0.6 is 11.8 Å². The molecule has 0 fully saturated rings. The van der Waals surface area contributed by atoms with Crippen LogP contribution in [0.15, 0.2) is 46.3 Å². The zero-order valence-corrected chi connectivity index (χ0v) is 12.1. The number of thioether (sulfide) groups is 1. The standard InChI is InChI=1S/C15H12FN3OS/c1-9-5-14(20)17-13-7-12(9)15(19-18-13)21-8-10-3-2-4-11(16)6-10/h2-7H,8H2,1H3,(H,17,18,20). The molecule has 1 aromatic heterocycles. The average Bonchev–Trinajstić information content (AvgIpc) is 2.55. The molecule has 0 amide bonds. The molecule has 2 bridgehead atoms. The zero-order valence-electron chi connectivity index (χ0n) is 11.3. The van der Waals surface area contributed by atoms with Gasteiger partial charge in [-0.25, -0.2) is 4.39 Å². The maximum Gasteiger partial charge on any atom is 0.271 e. The molecule has 21 heavy (non-hydrogen) atoms. The van der Waals surface area contributed by atoms with Gasteiger partial charge in [-0.15, -0.1) is 0 Å². The molecule has 4 nitrogen and oxygen atoms in total. The van der Waals surface area contributed by atoms with E-state index in [-0.39, 0.29) is 11.4 Å². The summed E-state index contributed by atoms with van der Waals surface area (Å²) in [6, 6.07) is 9.77. The van der Waals surface area contributed by atoms with Crippen molar-refractivity contribution < 1.29 is 4.39 Å². The van der Waals surface area contributed by atoms with E-state index in [1.807, 2.05) is 13.0 Å². The highest BCUT2D eigenvalue weighted by molar-refractivity contribution is 8.13. The Hall–Kier alpha value is -2.21. The van der Waals surface area contributed by atoms with Crippen molar-refractivity contribution in [2.24, 2.45) is 5.10 Å². The molecule has 0 saturated heterocycles. The van der Waals surface area contributed by atoms with Crippen LogP contribution in [0.5, 0.6) is 0 Å². The fourth-order valence-electron chi connectivity index (χ4n) is 2.04. The second kappa shape index (κ2) is 5.65. The van der Waals surface area contributed by atoms with Crippen molar-refractivity contribution in [3.05, 3.63) is 69.3 Å². The zero-order chi connectivity index (χ0) is 14.8. The van der Waals surface area contributed by atoms with E-state index in [4.69, 9.17) is 0 Å². The van der Waals surface area contributed by atoms with Crippen molar-refractivity contribution in [2.75, 3.05) is 5.43 Å². The first kappa shape index (κ1) is 13.8. The van der Waals surface area contributed by atoms with E-state index >= 15 is 0 Å². The molecule has 1 aliphatic rings. The summed E-state index contributed by atoms with van der Waals surface area (Å²) < 4.78 is 13.2. The van der Waals surface area contributed by atoms with E-state index in [0.717, 1.165) is 21.7 Å². The van der Waals surface area contributed by atoms with Crippen molar-refractivity contribution in [3.63, 3.8) is 0 Å². The minimum absolute atomic E-state index is 0.249. The summed E-state index contributed by atoms with van der Waals surface area (Å²) in [6.45, 7) is 1.85. The van der Waals surface area contributed by atoms with Crippen LogP contribution in [0.3, 0.4) is 0 Å². The molecule has 0 radical (unpaired) electrons. The Labute approximate surface area is 125 Å². The van der Waals surface area contributed by atoms with Gasteiger partial charge < -0.3 is 0 Å². The number of halogens is 1. The van der Waals surface area contributed by atoms with E-state index in [1.54, 1.807) is 12.1 Å². The van der Waals surface area contributed by atoms with Gasteiger partial charge in [0.25, 0.3) is 5.56 Å². The lowest BCUT2D eigenvalue weighted by Crippen LogP contribution is -2.08. The summed E-state index contributed by atoms with van der Waals surface area (Å²) in [5, 5.41) is 5.01. The smallest absolute Gasteiger partial charge is 0.267 e. The van der Waals surface area contributed by atoms with Gasteiger partial charge in [-0.2, -0.15) is 10.1 Å². The monoisotopic (exact) mass is 301 g/mol. The van der Waals surface area contributed by atoms with Crippen molar-refractivity contribution in [1.29, 1.82) is 0 Å². The van der Waals surface area contributed by atoms with Crippen molar-refractivity contribution in [2.45, 2.75) is 12.7 Å². The Kier molecular flexibility index (Phi) is 3.70. The summed E-state index contributed by atoms with van der Waals surface area (Å²) in [4.78, 5) is 15.4. The molecule has 2 heterocycles. The highest BCUT2D eigenvalue weighted by atomic mass is 32.2. The Bertz CT molecular complexity index is 792. The number of hydrazone groups is 1. The minimum Gasteiger partial charge on any atom is -0.267 e. The van der Waals surface area contributed by atoms with Gasteiger partial charge in [0.1, 0.15) is 10.9 Å². The summed E-state index contributed by atoms with van der Waals surface area (Å²) in [5.41, 5.74) is 5.04. The number of benzene rings is 1. The second-order valence-corrected chi connectivity index (χ2v) is 5.63. The number of aryl methyl sites for hydroxylation is 1. The second-order valence-electron chi connectivity index (χ2n) is 4.67. The Morgan fingerprint density at radius 2 is 2.14 bits per heavy atom. The lowest BCUT2D eigenvalue weighted by Gasteiger charge is -2.12. The first-order valence-electron chi connectivity index (χ1n) is 6.36. The van der Waals surface area contributed by atoms with Crippen LogP contribution in [0, 0.1) is 12.7 Å². The number of fused-ring (bicyclic) bond motifs is 2. The van der Waals surface area contributed by atoms with Gasteiger partial charge in [0.15, 0.2) is 5.82 Å². The van der Waals surface area contributed by atoms with Gasteiger partial charge in [-0.3, -0.25) is 10.2 Å². The summed E-state index contributed by atoms with van der Waals surface area (Å²) >= 11 is 1.49. The molecular formula is C15H12FN3OS. The predicted octanol–water partition coefficient (Wildman–Crippen LogP) is 2.91. The first-order valence-corrected chi connectivity index (χ1v) is 7.35. The lowest BCUT2D eigenvalue weighted by molar-refractivity contribution is 0.626. The van der Waals surface area contributed by atoms with Crippen LogP contribution in [0.4, 0.5) is 10.2 Å². The van der Waals surface area contributed by atoms with Gasteiger partial charge in [-0.1, -0.05) is 23.9 Å². The van der Waals surface area contributed by atoms with Gasteiger partial charge in [0, 0.05) is 17.4 Å². The van der Waals surface area contributed by atoms with Crippen LogP contribution < -0.4 is 11.0 Å². The van der Waals surface area contributed by atoms with Crippen molar-refractivity contribution in [3.8, 4) is 0 Å². The van der Waals surface area contributed by atoms with Gasteiger partial charge >= 0.3 is 0 Å².